The zero-order valence-electron chi connectivity index (χ0n) is 18.2. The molecule has 1 saturated heterocycles. The van der Waals surface area contributed by atoms with Crippen molar-refractivity contribution in [3.05, 3.63) is 72.7 Å². The van der Waals surface area contributed by atoms with E-state index < -0.39 is 10.0 Å². The fourth-order valence-electron chi connectivity index (χ4n) is 4.28. The highest BCUT2D eigenvalue weighted by molar-refractivity contribution is 7.89. The van der Waals surface area contributed by atoms with Crippen LogP contribution in [0.5, 0.6) is 11.5 Å². The Balaban J connectivity index is 1.28. The molecule has 1 fully saturated rings. The lowest BCUT2D eigenvalue weighted by Crippen LogP contribution is -2.49. The lowest BCUT2D eigenvalue weighted by atomic mass is 10.1. The second-order valence-electron chi connectivity index (χ2n) is 8.05. The van der Waals surface area contributed by atoms with Crippen molar-refractivity contribution in [1.29, 1.82) is 0 Å². The van der Waals surface area contributed by atoms with Crippen molar-refractivity contribution in [2.75, 3.05) is 50.8 Å². The van der Waals surface area contributed by atoms with Crippen LogP contribution in [0.2, 0.25) is 0 Å². The molecule has 8 nitrogen and oxygen atoms in total. The number of nitrogens with one attached hydrogen (secondary N) is 1. The smallest absolute Gasteiger partial charge is 0.240 e. The van der Waals surface area contributed by atoms with Crippen LogP contribution in [-0.4, -0.2) is 59.3 Å². The molecule has 33 heavy (non-hydrogen) atoms. The van der Waals surface area contributed by atoms with Crippen molar-refractivity contribution in [2.24, 2.45) is 0 Å². The second-order valence-corrected chi connectivity index (χ2v) is 9.81. The van der Waals surface area contributed by atoms with Gasteiger partial charge in [0, 0.05) is 44.5 Å². The Kier molecular flexibility index (Phi) is 6.26. The molecule has 5 rings (SSSR count). The number of rotatable bonds is 7. The largest absolute Gasteiger partial charge is 0.486 e. The molecule has 2 aliphatic heterocycles. The molecule has 3 heterocycles. The first-order valence-corrected chi connectivity index (χ1v) is 12.6. The van der Waals surface area contributed by atoms with Gasteiger partial charge in [-0.3, -0.25) is 4.90 Å². The first kappa shape index (κ1) is 21.8. The summed E-state index contributed by atoms with van der Waals surface area (Å²) >= 11 is 0. The van der Waals surface area contributed by atoms with Crippen LogP contribution in [0.4, 0.5) is 5.69 Å². The Labute approximate surface area is 193 Å². The van der Waals surface area contributed by atoms with Gasteiger partial charge >= 0.3 is 0 Å². The quantitative estimate of drug-likeness (QED) is 0.570. The zero-order valence-corrected chi connectivity index (χ0v) is 19.0. The summed E-state index contributed by atoms with van der Waals surface area (Å²) in [7, 11) is -3.74. The zero-order chi connectivity index (χ0) is 22.7. The Hall–Kier alpha value is -3.01. The average molecular weight is 470 g/mol. The maximum absolute atomic E-state index is 13.0. The molecule has 2 aliphatic rings. The third kappa shape index (κ3) is 4.85. The van der Waals surface area contributed by atoms with E-state index in [4.69, 9.17) is 13.9 Å². The number of sulfonamides is 1. The van der Waals surface area contributed by atoms with Crippen LogP contribution in [0.1, 0.15) is 11.8 Å². The van der Waals surface area contributed by atoms with Gasteiger partial charge in [-0.25, -0.2) is 13.1 Å². The summed E-state index contributed by atoms with van der Waals surface area (Å²) in [6.45, 7) is 4.37. The van der Waals surface area contributed by atoms with E-state index >= 15 is 0 Å². The van der Waals surface area contributed by atoms with Crippen molar-refractivity contribution in [3.8, 4) is 11.5 Å². The van der Waals surface area contributed by atoms with Crippen LogP contribution in [0.15, 0.2) is 76.2 Å². The molecule has 9 heteroatoms. The molecule has 2 aromatic carbocycles. The second kappa shape index (κ2) is 9.46. The normalized spacial score (nSPS) is 17.6. The highest BCUT2D eigenvalue weighted by Gasteiger charge is 2.29. The van der Waals surface area contributed by atoms with Gasteiger partial charge in [-0.2, -0.15) is 0 Å². The van der Waals surface area contributed by atoms with Gasteiger partial charge in [-0.15, -0.1) is 0 Å². The number of para-hydroxylation sites is 1. The van der Waals surface area contributed by atoms with E-state index in [0.717, 1.165) is 31.9 Å². The number of ether oxygens (including phenoxy) is 2. The molecule has 174 valence electrons. The molecule has 3 aromatic rings. The molecule has 0 radical (unpaired) electrons. The lowest BCUT2D eigenvalue weighted by Gasteiger charge is -2.39. The predicted octanol–water partition coefficient (Wildman–Crippen LogP) is 2.89. The van der Waals surface area contributed by atoms with Gasteiger partial charge in [0.2, 0.25) is 10.0 Å². The van der Waals surface area contributed by atoms with Crippen LogP contribution in [0.3, 0.4) is 0 Å². The van der Waals surface area contributed by atoms with Crippen molar-refractivity contribution in [3.63, 3.8) is 0 Å². The van der Waals surface area contributed by atoms with E-state index in [1.807, 2.05) is 30.3 Å². The van der Waals surface area contributed by atoms with Gasteiger partial charge in [-0.05, 0) is 36.4 Å². The molecule has 0 spiro atoms. The number of anilines is 1. The van der Waals surface area contributed by atoms with Crippen molar-refractivity contribution >= 4 is 15.7 Å². The predicted molar refractivity (Wildman–Crippen MR) is 124 cm³/mol. The number of benzene rings is 2. The van der Waals surface area contributed by atoms with E-state index in [9.17, 15) is 8.42 Å². The first-order valence-electron chi connectivity index (χ1n) is 11.1. The van der Waals surface area contributed by atoms with E-state index in [-0.39, 0.29) is 17.5 Å². The van der Waals surface area contributed by atoms with E-state index in [1.54, 1.807) is 12.3 Å². The molecule has 0 saturated carbocycles. The summed E-state index contributed by atoms with van der Waals surface area (Å²) in [5.41, 5.74) is 1.20. The van der Waals surface area contributed by atoms with Gasteiger partial charge in [0.05, 0.1) is 17.2 Å². The van der Waals surface area contributed by atoms with E-state index in [0.29, 0.717) is 24.7 Å². The summed E-state index contributed by atoms with van der Waals surface area (Å²) in [5.74, 6) is 1.75. The molecule has 0 bridgehead atoms. The fraction of sp³-hybridized carbons (Fsp3) is 0.333. The summed E-state index contributed by atoms with van der Waals surface area (Å²) < 4.78 is 45.6. The number of hydrogen-bond donors (Lipinski definition) is 1. The minimum Gasteiger partial charge on any atom is -0.486 e. The summed E-state index contributed by atoms with van der Waals surface area (Å²) in [5, 5.41) is 0. The Bertz CT molecular complexity index is 1160. The number of piperazine rings is 1. The Morgan fingerprint density at radius 1 is 0.879 bits per heavy atom. The number of furan rings is 1. The number of nitrogens with zero attached hydrogens (tertiary/aromatic N) is 2. The maximum atomic E-state index is 13.0. The van der Waals surface area contributed by atoms with Crippen molar-refractivity contribution in [1.82, 2.24) is 9.62 Å². The van der Waals surface area contributed by atoms with Crippen LogP contribution in [0.25, 0.3) is 0 Å². The molecule has 1 aromatic heterocycles. The third-order valence-corrected chi connectivity index (χ3v) is 7.46. The van der Waals surface area contributed by atoms with Gasteiger partial charge < -0.3 is 18.8 Å². The molecule has 1 unspecified atom stereocenters. The first-order chi connectivity index (χ1) is 16.1. The van der Waals surface area contributed by atoms with Gasteiger partial charge in [0.1, 0.15) is 19.0 Å². The van der Waals surface area contributed by atoms with Gasteiger partial charge in [-0.1, -0.05) is 18.2 Å². The van der Waals surface area contributed by atoms with E-state index in [1.165, 1.54) is 17.8 Å². The Morgan fingerprint density at radius 2 is 1.64 bits per heavy atom. The molecular weight excluding hydrogens is 442 g/mol. The minimum atomic E-state index is -3.74. The van der Waals surface area contributed by atoms with Crippen LogP contribution in [0, 0.1) is 0 Å². The van der Waals surface area contributed by atoms with Crippen molar-refractivity contribution in [2.45, 2.75) is 10.9 Å². The monoisotopic (exact) mass is 469 g/mol. The number of fused-ring (bicyclic) bond motifs is 1. The molecule has 1 atom stereocenters. The number of hydrogen-bond acceptors (Lipinski definition) is 7. The Morgan fingerprint density at radius 3 is 2.36 bits per heavy atom. The fourth-order valence-corrected chi connectivity index (χ4v) is 5.34. The molecular formula is C24H27N3O5S. The van der Waals surface area contributed by atoms with E-state index in [2.05, 4.69) is 26.7 Å². The lowest BCUT2D eigenvalue weighted by molar-refractivity contribution is 0.166. The van der Waals surface area contributed by atoms with Crippen molar-refractivity contribution < 1.29 is 22.3 Å². The average Bonchev–Trinajstić information content (AvgIpc) is 3.39. The third-order valence-electron chi connectivity index (χ3n) is 6.04. The SMILES string of the molecule is O=S(=O)(NCC(c1ccco1)N1CCN(c2ccccc2)CC1)c1ccc2c(c1)OCCO2. The van der Waals surface area contributed by atoms with Gasteiger partial charge in [0.25, 0.3) is 0 Å². The van der Waals surface area contributed by atoms with Crippen LogP contribution < -0.4 is 19.1 Å². The van der Waals surface area contributed by atoms with Crippen LogP contribution in [-0.2, 0) is 10.0 Å². The summed E-state index contributed by atoms with van der Waals surface area (Å²) in [4.78, 5) is 4.76. The molecule has 1 N–H and O–H groups in total. The summed E-state index contributed by atoms with van der Waals surface area (Å²) in [6.07, 6.45) is 1.62. The standard InChI is InChI=1S/C24H27N3O5S/c28-33(29,20-8-9-23-24(17-20)32-16-15-31-23)25-18-21(22-7-4-14-30-22)27-12-10-26(11-13-27)19-5-2-1-3-6-19/h1-9,14,17,21,25H,10-13,15-16,18H2. The topological polar surface area (TPSA) is 84.3 Å². The minimum absolute atomic E-state index is 0.152. The molecule has 0 aliphatic carbocycles. The summed E-state index contributed by atoms with van der Waals surface area (Å²) in [6, 6.07) is 18.5. The highest BCUT2D eigenvalue weighted by atomic mass is 32.2. The maximum Gasteiger partial charge on any atom is 0.240 e. The van der Waals surface area contributed by atoms with Crippen LogP contribution >= 0.6 is 0 Å². The molecule has 0 amide bonds. The van der Waals surface area contributed by atoms with Gasteiger partial charge in [0.15, 0.2) is 11.5 Å². The highest BCUT2D eigenvalue weighted by Crippen LogP contribution is 2.32.